The van der Waals surface area contributed by atoms with Crippen LogP contribution in [0.5, 0.6) is 0 Å². The molecule has 0 unspecified atom stereocenters. The number of piperidine rings is 1. The van der Waals surface area contributed by atoms with Crippen LogP contribution in [-0.4, -0.2) is 49.0 Å². The second kappa shape index (κ2) is 9.18. The van der Waals surface area contributed by atoms with Crippen LogP contribution in [0.2, 0.25) is 0 Å². The van der Waals surface area contributed by atoms with E-state index in [0.717, 1.165) is 37.6 Å². The van der Waals surface area contributed by atoms with E-state index in [0.29, 0.717) is 28.4 Å². The van der Waals surface area contributed by atoms with Gasteiger partial charge in [0.2, 0.25) is 11.9 Å². The Morgan fingerprint density at radius 1 is 1.18 bits per heavy atom. The molecule has 1 amide bonds. The van der Waals surface area contributed by atoms with Crippen molar-refractivity contribution in [2.45, 2.75) is 43.1 Å². The number of nitrogens with zero attached hydrogens (tertiary/aromatic N) is 4. The molecule has 1 fully saturated rings. The van der Waals surface area contributed by atoms with Gasteiger partial charge in [-0.25, -0.2) is 4.79 Å². The van der Waals surface area contributed by atoms with Crippen molar-refractivity contribution in [1.29, 1.82) is 0 Å². The van der Waals surface area contributed by atoms with E-state index in [1.165, 1.54) is 18.2 Å². The summed E-state index contributed by atoms with van der Waals surface area (Å²) in [5, 5.41) is 12.0. The second-order valence-electron chi connectivity index (χ2n) is 8.08. The molecular weight excluding hydrogens is 442 g/mol. The van der Waals surface area contributed by atoms with Gasteiger partial charge < -0.3 is 24.6 Å². The van der Waals surface area contributed by atoms with Crippen LogP contribution in [0.3, 0.4) is 0 Å². The number of hydrogen-bond acceptors (Lipinski definition) is 7. The first kappa shape index (κ1) is 21.4. The normalized spacial score (nSPS) is 15.1. The molecule has 3 aromatic heterocycles. The minimum Gasteiger partial charge on any atom is -0.467 e. The number of anilines is 2. The molecule has 11 heteroatoms. The molecule has 1 atom stereocenters. The summed E-state index contributed by atoms with van der Waals surface area (Å²) < 4.78 is 7.58. The second-order valence-corrected chi connectivity index (χ2v) is 9.39. The van der Waals surface area contributed by atoms with Gasteiger partial charge in [0.15, 0.2) is 5.16 Å². The third-order valence-electron chi connectivity index (χ3n) is 5.67. The van der Waals surface area contributed by atoms with Crippen LogP contribution in [0.4, 0.5) is 11.6 Å². The van der Waals surface area contributed by atoms with Gasteiger partial charge in [0.05, 0.1) is 29.1 Å². The van der Waals surface area contributed by atoms with Gasteiger partial charge in [-0.15, -0.1) is 10.2 Å². The lowest BCUT2D eigenvalue weighted by atomic mass is 10.1. The average Bonchev–Trinajstić information content (AvgIpc) is 3.55. The monoisotopic (exact) mass is 467 g/mol. The number of nitrogens with one attached hydrogen (secondary N) is 3. The Kier molecular flexibility index (Phi) is 5.95. The van der Waals surface area contributed by atoms with Crippen LogP contribution in [-0.2, 0) is 11.3 Å². The Labute approximate surface area is 193 Å². The number of hydrogen-bond donors (Lipinski definition) is 3. The van der Waals surface area contributed by atoms with Gasteiger partial charge in [0, 0.05) is 18.8 Å². The Morgan fingerprint density at radius 3 is 2.79 bits per heavy atom. The summed E-state index contributed by atoms with van der Waals surface area (Å²) in [6.45, 7) is 4.23. The summed E-state index contributed by atoms with van der Waals surface area (Å²) in [6, 6.07) is 9.03. The zero-order chi connectivity index (χ0) is 22.8. The number of amides is 1. The van der Waals surface area contributed by atoms with Crippen molar-refractivity contribution in [2.75, 3.05) is 23.3 Å². The van der Waals surface area contributed by atoms with E-state index in [1.54, 1.807) is 24.5 Å². The van der Waals surface area contributed by atoms with E-state index in [9.17, 15) is 9.59 Å². The molecule has 10 nitrogen and oxygen atoms in total. The fourth-order valence-corrected chi connectivity index (χ4v) is 4.80. The molecule has 5 rings (SSSR count). The number of aromatic amines is 2. The maximum absolute atomic E-state index is 12.9. The Hall–Kier alpha value is -3.47. The molecular formula is C22H25N7O3S. The molecule has 0 aliphatic carbocycles. The van der Waals surface area contributed by atoms with Crippen LogP contribution < -0.4 is 15.9 Å². The molecule has 0 spiro atoms. The van der Waals surface area contributed by atoms with Crippen molar-refractivity contribution in [3.8, 4) is 0 Å². The molecule has 3 N–H and O–H groups in total. The summed E-state index contributed by atoms with van der Waals surface area (Å²) >= 11 is 1.36. The van der Waals surface area contributed by atoms with Gasteiger partial charge in [-0.05, 0) is 56.5 Å². The number of furan rings is 1. The SMILES string of the molecule is C[C@H](Sc1nnc(N2CCCCC2)n1Cc1ccco1)C(=O)Nc1ccc2[nH]c(=O)[nH]c2c1. The molecule has 0 bridgehead atoms. The first-order valence-corrected chi connectivity index (χ1v) is 11.8. The molecule has 4 heterocycles. The molecule has 172 valence electrons. The van der Waals surface area contributed by atoms with Gasteiger partial charge in [0.25, 0.3) is 0 Å². The first-order valence-electron chi connectivity index (χ1n) is 11.0. The third-order valence-corrected chi connectivity index (χ3v) is 6.75. The standard InChI is InChI=1S/C22H25N7O3S/c1-14(19(30)23-15-7-8-17-18(12-15)25-20(31)24-17)33-22-27-26-21(28-9-3-2-4-10-28)29(22)13-16-6-5-11-32-16/h5-8,11-12,14H,2-4,9-10,13H2,1H3,(H,23,30)(H2,24,25,31)/t14-/m0/s1. The Balaban J connectivity index is 1.33. The molecule has 0 saturated carbocycles. The highest BCUT2D eigenvalue weighted by atomic mass is 32.2. The number of fused-ring (bicyclic) bond motifs is 1. The molecule has 1 aliphatic heterocycles. The van der Waals surface area contributed by atoms with Crippen LogP contribution in [0.25, 0.3) is 11.0 Å². The minimum atomic E-state index is -0.417. The summed E-state index contributed by atoms with van der Waals surface area (Å²) in [5.41, 5.74) is 1.67. The Bertz CT molecular complexity index is 1300. The number of H-pyrrole nitrogens is 2. The third kappa shape index (κ3) is 4.68. The molecule has 1 aliphatic rings. The predicted octanol–water partition coefficient (Wildman–Crippen LogP) is 3.20. The number of carbonyl (C=O) groups excluding carboxylic acids is 1. The fraction of sp³-hybridized carbons (Fsp3) is 0.364. The van der Waals surface area contributed by atoms with Crippen molar-refractivity contribution in [3.05, 3.63) is 52.8 Å². The van der Waals surface area contributed by atoms with Crippen LogP contribution in [0.1, 0.15) is 31.9 Å². The van der Waals surface area contributed by atoms with Crippen molar-refractivity contribution in [1.82, 2.24) is 24.7 Å². The zero-order valence-corrected chi connectivity index (χ0v) is 19.0. The van der Waals surface area contributed by atoms with Gasteiger partial charge in [-0.1, -0.05) is 11.8 Å². The van der Waals surface area contributed by atoms with E-state index in [2.05, 4.69) is 30.4 Å². The summed E-state index contributed by atoms with van der Waals surface area (Å²) in [6.07, 6.45) is 5.14. The molecule has 33 heavy (non-hydrogen) atoms. The summed E-state index contributed by atoms with van der Waals surface area (Å²) in [7, 11) is 0. The number of aromatic nitrogens is 5. The lowest BCUT2D eigenvalue weighted by molar-refractivity contribution is -0.115. The van der Waals surface area contributed by atoms with Gasteiger partial charge >= 0.3 is 5.69 Å². The zero-order valence-electron chi connectivity index (χ0n) is 18.2. The Morgan fingerprint density at radius 2 is 2.00 bits per heavy atom. The first-order chi connectivity index (χ1) is 16.1. The topological polar surface area (TPSA) is 125 Å². The number of rotatable bonds is 7. The number of benzene rings is 1. The lowest BCUT2D eigenvalue weighted by Gasteiger charge is -2.27. The summed E-state index contributed by atoms with van der Waals surface area (Å²) in [5.74, 6) is 1.45. The highest BCUT2D eigenvalue weighted by Gasteiger charge is 2.24. The molecule has 1 saturated heterocycles. The predicted molar refractivity (Wildman–Crippen MR) is 127 cm³/mol. The van der Waals surface area contributed by atoms with Crippen LogP contribution in [0.15, 0.2) is 51.0 Å². The smallest absolute Gasteiger partial charge is 0.323 e. The van der Waals surface area contributed by atoms with Crippen molar-refractivity contribution in [3.63, 3.8) is 0 Å². The van der Waals surface area contributed by atoms with Gasteiger partial charge in [0.1, 0.15) is 5.76 Å². The number of carbonyl (C=O) groups is 1. The van der Waals surface area contributed by atoms with Crippen molar-refractivity contribution >= 4 is 40.3 Å². The van der Waals surface area contributed by atoms with Crippen molar-refractivity contribution < 1.29 is 9.21 Å². The molecule has 4 aromatic rings. The molecule has 1 aromatic carbocycles. The van der Waals surface area contributed by atoms with E-state index in [-0.39, 0.29) is 11.6 Å². The van der Waals surface area contributed by atoms with E-state index in [1.807, 2.05) is 23.6 Å². The maximum Gasteiger partial charge on any atom is 0.323 e. The van der Waals surface area contributed by atoms with E-state index < -0.39 is 5.25 Å². The summed E-state index contributed by atoms with van der Waals surface area (Å²) in [4.78, 5) is 32.0. The quantitative estimate of drug-likeness (QED) is 0.357. The van der Waals surface area contributed by atoms with E-state index >= 15 is 0 Å². The van der Waals surface area contributed by atoms with Gasteiger partial charge in [-0.2, -0.15) is 0 Å². The minimum absolute atomic E-state index is 0.163. The van der Waals surface area contributed by atoms with Crippen LogP contribution in [0, 0.1) is 0 Å². The molecule has 0 radical (unpaired) electrons. The number of thioether (sulfide) groups is 1. The number of imidazole rings is 1. The maximum atomic E-state index is 12.9. The van der Waals surface area contributed by atoms with Gasteiger partial charge in [-0.3, -0.25) is 9.36 Å². The fourth-order valence-electron chi connectivity index (χ4n) is 3.96. The van der Waals surface area contributed by atoms with E-state index in [4.69, 9.17) is 4.42 Å². The highest BCUT2D eigenvalue weighted by Crippen LogP contribution is 2.29. The lowest BCUT2D eigenvalue weighted by Crippen LogP contribution is -2.32. The highest BCUT2D eigenvalue weighted by molar-refractivity contribution is 8.00. The van der Waals surface area contributed by atoms with Crippen molar-refractivity contribution in [2.24, 2.45) is 0 Å². The largest absolute Gasteiger partial charge is 0.467 e. The average molecular weight is 468 g/mol. The van der Waals surface area contributed by atoms with Crippen LogP contribution >= 0.6 is 11.8 Å².